The Morgan fingerprint density at radius 1 is 0.943 bits per heavy atom. The van der Waals surface area contributed by atoms with Gasteiger partial charge in [0.05, 0.1) is 11.1 Å². The molecule has 1 aliphatic rings. The zero-order valence-electron chi connectivity index (χ0n) is 18.3. The molecule has 0 amide bonds. The summed E-state index contributed by atoms with van der Waals surface area (Å²) in [5, 5.41) is 40.7. The monoisotopic (exact) mass is 508 g/mol. The molecule has 0 aliphatic carbocycles. The molecule has 12 nitrogen and oxygen atoms in total. The summed E-state index contributed by atoms with van der Waals surface area (Å²) in [6.07, 6.45) is 4.56. The lowest BCUT2D eigenvalue weighted by molar-refractivity contribution is -0.159. The molecule has 0 spiro atoms. The van der Waals surface area contributed by atoms with E-state index >= 15 is 0 Å². The van der Waals surface area contributed by atoms with Crippen molar-refractivity contribution in [3.63, 3.8) is 0 Å². The number of pyridine rings is 1. The van der Waals surface area contributed by atoms with Gasteiger partial charge in [0.15, 0.2) is 0 Å². The van der Waals surface area contributed by atoms with Gasteiger partial charge < -0.3 is 30.3 Å². The molecule has 13 heteroatoms. The Morgan fingerprint density at radius 3 is 2.00 bits per heavy atom. The summed E-state index contributed by atoms with van der Waals surface area (Å²) in [5.74, 6) is -5.45. The Balaban J connectivity index is 0.000000425. The number of hydrogen-bond donors (Lipinski definition) is 5. The molecule has 0 saturated heterocycles. The largest absolute Gasteiger partial charge is 0.491 e. The predicted octanol–water partition coefficient (Wildman–Crippen LogP) is 1.26. The SMILES string of the molecule is O=C(O)C(=O)O.O=C(O)C(=O)O.O[C@H](CCc1cccnc1)COc1ccc(C2=NCCS2)cc1. The van der Waals surface area contributed by atoms with Crippen molar-refractivity contribution in [3.8, 4) is 5.75 Å². The lowest BCUT2D eigenvalue weighted by Gasteiger charge is -2.12. The van der Waals surface area contributed by atoms with Gasteiger partial charge in [-0.1, -0.05) is 6.07 Å². The average molecular weight is 509 g/mol. The minimum atomic E-state index is -1.82. The second-order valence-corrected chi connectivity index (χ2v) is 7.73. The van der Waals surface area contributed by atoms with E-state index < -0.39 is 30.0 Å². The molecule has 1 aromatic carbocycles. The van der Waals surface area contributed by atoms with Gasteiger partial charge in [0, 0.05) is 30.3 Å². The van der Waals surface area contributed by atoms with Gasteiger partial charge >= 0.3 is 23.9 Å². The number of ether oxygens (including phenoxy) is 1. The second kappa shape index (κ2) is 15.8. The van der Waals surface area contributed by atoms with Crippen molar-refractivity contribution >= 4 is 40.7 Å². The third-order valence-corrected chi connectivity index (χ3v) is 5.01. The molecule has 0 bridgehead atoms. The lowest BCUT2D eigenvalue weighted by atomic mass is 10.1. The van der Waals surface area contributed by atoms with Crippen LogP contribution in [0.25, 0.3) is 0 Å². The van der Waals surface area contributed by atoms with E-state index in [1.54, 1.807) is 18.0 Å². The van der Waals surface area contributed by atoms with Crippen LogP contribution in [0, 0.1) is 0 Å². The topological polar surface area (TPSA) is 204 Å². The van der Waals surface area contributed by atoms with Gasteiger partial charge in [-0.2, -0.15) is 0 Å². The number of aliphatic hydroxyl groups excluding tert-OH is 1. The number of aliphatic imine (C=N–C) groups is 1. The number of aromatic nitrogens is 1. The Bertz CT molecular complexity index is 965. The van der Waals surface area contributed by atoms with Crippen molar-refractivity contribution in [2.24, 2.45) is 4.99 Å². The van der Waals surface area contributed by atoms with Crippen LogP contribution < -0.4 is 4.74 Å². The molecule has 0 unspecified atom stereocenters. The van der Waals surface area contributed by atoms with Gasteiger partial charge in [0.25, 0.3) is 0 Å². The highest BCUT2D eigenvalue weighted by Gasteiger charge is 2.10. The van der Waals surface area contributed by atoms with Crippen LogP contribution in [0.4, 0.5) is 0 Å². The Labute approximate surface area is 203 Å². The van der Waals surface area contributed by atoms with Crippen molar-refractivity contribution in [1.82, 2.24) is 4.98 Å². The highest BCUT2D eigenvalue weighted by Crippen LogP contribution is 2.21. The van der Waals surface area contributed by atoms with Crippen molar-refractivity contribution in [3.05, 3.63) is 59.9 Å². The van der Waals surface area contributed by atoms with E-state index in [0.717, 1.165) is 40.6 Å². The quantitative estimate of drug-likeness (QED) is 0.335. The van der Waals surface area contributed by atoms with E-state index in [2.05, 4.69) is 9.98 Å². The van der Waals surface area contributed by atoms with E-state index in [4.69, 9.17) is 44.3 Å². The molecule has 0 fully saturated rings. The predicted molar refractivity (Wildman–Crippen MR) is 125 cm³/mol. The number of aliphatic hydroxyl groups is 1. The van der Waals surface area contributed by atoms with E-state index in [9.17, 15) is 5.11 Å². The zero-order chi connectivity index (χ0) is 26.2. The van der Waals surface area contributed by atoms with Gasteiger partial charge in [-0.25, -0.2) is 19.2 Å². The van der Waals surface area contributed by atoms with E-state index in [-0.39, 0.29) is 0 Å². The number of thioether (sulfide) groups is 1. The Hall–Kier alpha value is -3.97. The molecular weight excluding hydrogens is 484 g/mol. The van der Waals surface area contributed by atoms with Gasteiger partial charge in [-0.15, -0.1) is 11.8 Å². The molecule has 188 valence electrons. The number of carbonyl (C=O) groups is 4. The van der Waals surface area contributed by atoms with Crippen molar-refractivity contribution in [2.75, 3.05) is 18.9 Å². The van der Waals surface area contributed by atoms with E-state index in [1.807, 2.05) is 42.6 Å². The zero-order valence-corrected chi connectivity index (χ0v) is 19.1. The van der Waals surface area contributed by atoms with Crippen LogP contribution in [0.2, 0.25) is 0 Å². The summed E-state index contributed by atoms with van der Waals surface area (Å²) < 4.78 is 5.66. The van der Waals surface area contributed by atoms with Crippen LogP contribution in [0.15, 0.2) is 53.8 Å². The summed E-state index contributed by atoms with van der Waals surface area (Å²) in [6, 6.07) is 11.8. The number of hydrogen-bond acceptors (Lipinski definition) is 9. The molecule has 3 rings (SSSR count). The number of nitrogens with zero attached hydrogens (tertiary/aromatic N) is 2. The Kier molecular flexibility index (Phi) is 13.1. The normalized spacial score (nSPS) is 12.5. The van der Waals surface area contributed by atoms with Crippen molar-refractivity contribution < 1.29 is 49.4 Å². The second-order valence-electron chi connectivity index (χ2n) is 6.65. The minimum absolute atomic E-state index is 0.301. The molecule has 1 aromatic heterocycles. The number of aryl methyl sites for hydroxylation is 1. The first-order valence-corrected chi connectivity index (χ1v) is 11.0. The molecule has 35 heavy (non-hydrogen) atoms. The van der Waals surface area contributed by atoms with Crippen LogP contribution in [0.1, 0.15) is 17.5 Å². The first-order valence-electron chi connectivity index (χ1n) is 10.00. The fraction of sp³-hybridized carbons (Fsp3) is 0.273. The first kappa shape index (κ1) is 29.1. The first-order chi connectivity index (χ1) is 16.6. The molecule has 1 atom stereocenters. The summed E-state index contributed by atoms with van der Waals surface area (Å²) in [5.41, 5.74) is 2.27. The number of benzene rings is 1. The van der Waals surface area contributed by atoms with Gasteiger partial charge in [0.2, 0.25) is 0 Å². The van der Waals surface area contributed by atoms with E-state index in [0.29, 0.717) is 13.0 Å². The number of rotatable bonds is 7. The smallest absolute Gasteiger partial charge is 0.414 e. The van der Waals surface area contributed by atoms with Crippen molar-refractivity contribution in [2.45, 2.75) is 18.9 Å². The third-order valence-electron chi connectivity index (χ3n) is 3.98. The standard InChI is InChI=1S/C18H20N2O2S.2C2H2O4/c21-16(6-3-14-2-1-9-19-12-14)13-22-17-7-4-15(5-8-17)18-20-10-11-23-18;2*3-1(4)2(5)6/h1-2,4-5,7-9,12,16,21H,3,6,10-11,13H2;2*(H,3,4)(H,5,6)/t16-;;/m1../s1. The number of aliphatic carboxylic acids is 4. The molecule has 1 aliphatic heterocycles. The van der Waals surface area contributed by atoms with Gasteiger partial charge in [0.1, 0.15) is 12.4 Å². The van der Waals surface area contributed by atoms with Gasteiger partial charge in [-0.05, 0) is 48.7 Å². The molecule has 2 aromatic rings. The van der Waals surface area contributed by atoms with Gasteiger partial charge in [-0.3, -0.25) is 9.98 Å². The van der Waals surface area contributed by atoms with Crippen LogP contribution in [-0.2, 0) is 25.6 Å². The summed E-state index contributed by atoms with van der Waals surface area (Å²) in [4.78, 5) is 44.9. The maximum absolute atomic E-state index is 10.0. The molecule has 0 radical (unpaired) electrons. The summed E-state index contributed by atoms with van der Waals surface area (Å²) in [7, 11) is 0. The minimum Gasteiger partial charge on any atom is -0.491 e. The summed E-state index contributed by atoms with van der Waals surface area (Å²) >= 11 is 1.79. The third kappa shape index (κ3) is 12.7. The van der Waals surface area contributed by atoms with Crippen LogP contribution in [0.3, 0.4) is 0 Å². The highest BCUT2D eigenvalue weighted by atomic mass is 32.2. The molecule has 0 saturated carbocycles. The maximum Gasteiger partial charge on any atom is 0.414 e. The fourth-order valence-electron chi connectivity index (χ4n) is 2.36. The molecule has 2 heterocycles. The van der Waals surface area contributed by atoms with Crippen molar-refractivity contribution in [1.29, 1.82) is 0 Å². The maximum atomic E-state index is 10.0. The molecular formula is C22H24N2O10S. The Morgan fingerprint density at radius 2 is 1.54 bits per heavy atom. The van der Waals surface area contributed by atoms with Crippen LogP contribution in [-0.4, -0.2) is 84.4 Å². The highest BCUT2D eigenvalue weighted by molar-refractivity contribution is 8.14. The number of carboxylic acid groups (broad SMARTS) is 4. The average Bonchev–Trinajstić information content (AvgIpc) is 3.38. The fourth-order valence-corrected chi connectivity index (χ4v) is 3.22. The van der Waals surface area contributed by atoms with E-state index in [1.165, 1.54) is 0 Å². The van der Waals surface area contributed by atoms with Crippen LogP contribution in [0.5, 0.6) is 5.75 Å². The summed E-state index contributed by atoms with van der Waals surface area (Å²) in [6.45, 7) is 1.21. The van der Waals surface area contributed by atoms with Crippen LogP contribution >= 0.6 is 11.8 Å². The number of carboxylic acids is 4. The lowest BCUT2D eigenvalue weighted by Crippen LogP contribution is -2.18. The molecule has 5 N–H and O–H groups in total.